The van der Waals surface area contributed by atoms with Gasteiger partial charge in [0.2, 0.25) is 0 Å². The summed E-state index contributed by atoms with van der Waals surface area (Å²) in [6, 6.07) is 14.0. The van der Waals surface area contributed by atoms with E-state index in [9.17, 15) is 13.2 Å². The minimum absolute atomic E-state index is 0.589. The smallest absolute Gasteiger partial charge is 0.299 e. The van der Waals surface area contributed by atoms with E-state index >= 15 is 0 Å². The third kappa shape index (κ3) is 4.94. The fourth-order valence-corrected chi connectivity index (χ4v) is 3.67. The molecule has 3 aromatic rings. The molecule has 2 aromatic carbocycles. The first-order chi connectivity index (χ1) is 14.5. The highest BCUT2D eigenvalue weighted by Crippen LogP contribution is 2.32. The van der Waals surface area contributed by atoms with Crippen molar-refractivity contribution >= 4 is 5.57 Å². The van der Waals surface area contributed by atoms with Crippen LogP contribution in [0.25, 0.3) is 16.7 Å². The minimum atomic E-state index is -4.31. The summed E-state index contributed by atoms with van der Waals surface area (Å²) >= 11 is 0. The molecule has 3 nitrogen and oxygen atoms in total. The summed E-state index contributed by atoms with van der Waals surface area (Å²) in [6.07, 6.45) is 4.54. The third-order valence-electron chi connectivity index (χ3n) is 5.42. The Kier molecular flexibility index (Phi) is 5.95. The summed E-state index contributed by atoms with van der Waals surface area (Å²) in [5.41, 5.74) is 4.41. The second kappa shape index (κ2) is 8.79. The Bertz CT molecular complexity index is 1010. The first-order valence-electron chi connectivity index (χ1n) is 9.92. The van der Waals surface area contributed by atoms with Crippen LogP contribution in [0.3, 0.4) is 0 Å². The van der Waals surface area contributed by atoms with Gasteiger partial charge < -0.3 is 0 Å². The Labute approximate surface area is 173 Å². The molecule has 30 heavy (non-hydrogen) atoms. The summed E-state index contributed by atoms with van der Waals surface area (Å²) in [7, 11) is 0. The molecule has 0 radical (unpaired) electrons. The molecule has 0 unspecified atom stereocenters. The maximum atomic E-state index is 12.9. The number of benzene rings is 2. The van der Waals surface area contributed by atoms with Gasteiger partial charge in [-0.3, -0.25) is 4.90 Å². The molecule has 0 saturated carbocycles. The van der Waals surface area contributed by atoms with E-state index in [4.69, 9.17) is 0 Å². The standard InChI is InChI=1S/C24H22F3N3/c25-24(26,27)23-3-1-2-21(14-23)20-9-12-30(13-10-20)11-8-18-4-6-19(7-5-18)22-15-28-17-29-16-22/h1-7,9,14-17H,8,10-13H2. The Morgan fingerprint density at radius 2 is 1.67 bits per heavy atom. The van der Waals surface area contributed by atoms with Crippen LogP contribution in [0.1, 0.15) is 23.1 Å². The van der Waals surface area contributed by atoms with Gasteiger partial charge in [0.25, 0.3) is 0 Å². The molecule has 0 bridgehead atoms. The summed E-state index contributed by atoms with van der Waals surface area (Å²) < 4.78 is 38.8. The number of hydrogen-bond donors (Lipinski definition) is 0. The Morgan fingerprint density at radius 1 is 0.900 bits per heavy atom. The molecule has 0 atom stereocenters. The van der Waals surface area contributed by atoms with Crippen LogP contribution in [0.5, 0.6) is 0 Å². The highest BCUT2D eigenvalue weighted by Gasteiger charge is 2.30. The van der Waals surface area contributed by atoms with Gasteiger partial charge in [-0.2, -0.15) is 13.2 Å². The van der Waals surface area contributed by atoms with E-state index in [-0.39, 0.29) is 0 Å². The zero-order valence-corrected chi connectivity index (χ0v) is 16.4. The van der Waals surface area contributed by atoms with Crippen molar-refractivity contribution < 1.29 is 13.2 Å². The second-order valence-electron chi connectivity index (χ2n) is 7.43. The number of rotatable bonds is 5. The Hall–Kier alpha value is -2.99. The van der Waals surface area contributed by atoms with E-state index in [0.29, 0.717) is 5.56 Å². The van der Waals surface area contributed by atoms with Gasteiger partial charge >= 0.3 is 6.18 Å². The van der Waals surface area contributed by atoms with Crippen LogP contribution in [-0.4, -0.2) is 34.5 Å². The molecule has 4 rings (SSSR count). The maximum Gasteiger partial charge on any atom is 0.416 e. The molecule has 0 saturated heterocycles. The predicted octanol–water partition coefficient (Wildman–Crippen LogP) is 5.49. The van der Waals surface area contributed by atoms with Gasteiger partial charge in [0.05, 0.1) is 5.56 Å². The first-order valence-corrected chi connectivity index (χ1v) is 9.92. The summed E-state index contributed by atoms with van der Waals surface area (Å²) in [6.45, 7) is 2.52. The largest absolute Gasteiger partial charge is 0.416 e. The monoisotopic (exact) mass is 409 g/mol. The second-order valence-corrected chi connectivity index (χ2v) is 7.43. The molecule has 0 fully saturated rings. The average Bonchev–Trinajstić information content (AvgIpc) is 2.78. The Morgan fingerprint density at radius 3 is 2.33 bits per heavy atom. The lowest BCUT2D eigenvalue weighted by molar-refractivity contribution is -0.137. The summed E-state index contributed by atoms with van der Waals surface area (Å²) in [4.78, 5) is 10.4. The summed E-state index contributed by atoms with van der Waals surface area (Å²) in [5, 5.41) is 0. The van der Waals surface area contributed by atoms with Crippen LogP contribution in [0.15, 0.2) is 73.3 Å². The average molecular weight is 409 g/mol. The fraction of sp³-hybridized carbons (Fsp3) is 0.250. The maximum absolute atomic E-state index is 12.9. The van der Waals surface area contributed by atoms with E-state index in [1.54, 1.807) is 18.5 Å². The predicted molar refractivity (Wildman–Crippen MR) is 112 cm³/mol. The zero-order valence-electron chi connectivity index (χ0n) is 16.4. The molecule has 2 heterocycles. The van der Waals surface area contributed by atoms with Crippen molar-refractivity contribution in [2.24, 2.45) is 0 Å². The molecule has 1 aliphatic rings. The van der Waals surface area contributed by atoms with Gasteiger partial charge in [-0.25, -0.2) is 9.97 Å². The lowest BCUT2D eigenvalue weighted by atomic mass is 9.97. The van der Waals surface area contributed by atoms with Gasteiger partial charge in [-0.05, 0) is 47.2 Å². The molecular weight excluding hydrogens is 387 g/mol. The molecular formula is C24H22F3N3. The quantitative estimate of drug-likeness (QED) is 0.558. The molecule has 1 aromatic heterocycles. The molecule has 0 N–H and O–H groups in total. The minimum Gasteiger partial charge on any atom is -0.299 e. The van der Waals surface area contributed by atoms with Gasteiger partial charge in [0.15, 0.2) is 0 Å². The lowest BCUT2D eigenvalue weighted by Crippen LogP contribution is -2.30. The van der Waals surface area contributed by atoms with Crippen molar-refractivity contribution in [1.82, 2.24) is 14.9 Å². The van der Waals surface area contributed by atoms with Crippen molar-refractivity contribution in [3.63, 3.8) is 0 Å². The molecule has 0 amide bonds. The van der Waals surface area contributed by atoms with Gasteiger partial charge in [-0.15, -0.1) is 0 Å². The topological polar surface area (TPSA) is 29.0 Å². The van der Waals surface area contributed by atoms with E-state index < -0.39 is 11.7 Å². The van der Waals surface area contributed by atoms with Crippen LogP contribution in [0, 0.1) is 0 Å². The van der Waals surface area contributed by atoms with Crippen molar-refractivity contribution in [2.75, 3.05) is 19.6 Å². The van der Waals surface area contributed by atoms with E-state index in [1.807, 2.05) is 0 Å². The highest BCUT2D eigenvalue weighted by atomic mass is 19.4. The van der Waals surface area contributed by atoms with Gasteiger partial charge in [-0.1, -0.05) is 42.5 Å². The van der Waals surface area contributed by atoms with Crippen molar-refractivity contribution in [3.05, 3.63) is 90.0 Å². The number of aromatic nitrogens is 2. The van der Waals surface area contributed by atoms with Crippen LogP contribution in [0.4, 0.5) is 13.2 Å². The van der Waals surface area contributed by atoms with E-state index in [2.05, 4.69) is 45.2 Å². The summed E-state index contributed by atoms with van der Waals surface area (Å²) in [5.74, 6) is 0. The number of alkyl halides is 3. The zero-order chi connectivity index (χ0) is 21.0. The fourth-order valence-electron chi connectivity index (χ4n) is 3.67. The Balaban J connectivity index is 1.33. The van der Waals surface area contributed by atoms with Crippen LogP contribution in [0.2, 0.25) is 0 Å². The number of nitrogens with zero attached hydrogens (tertiary/aromatic N) is 3. The van der Waals surface area contributed by atoms with Crippen LogP contribution < -0.4 is 0 Å². The third-order valence-corrected chi connectivity index (χ3v) is 5.42. The highest BCUT2D eigenvalue weighted by molar-refractivity contribution is 5.67. The first kappa shape index (κ1) is 20.3. The van der Waals surface area contributed by atoms with Crippen molar-refractivity contribution in [3.8, 4) is 11.1 Å². The van der Waals surface area contributed by atoms with E-state index in [0.717, 1.165) is 55.2 Å². The molecule has 1 aliphatic heterocycles. The van der Waals surface area contributed by atoms with Crippen LogP contribution in [-0.2, 0) is 12.6 Å². The number of hydrogen-bond acceptors (Lipinski definition) is 3. The van der Waals surface area contributed by atoms with Crippen LogP contribution >= 0.6 is 0 Å². The normalized spacial score (nSPS) is 15.1. The van der Waals surface area contributed by atoms with E-state index in [1.165, 1.54) is 24.0 Å². The molecule has 0 aliphatic carbocycles. The van der Waals surface area contributed by atoms with Crippen molar-refractivity contribution in [2.45, 2.75) is 19.0 Å². The lowest BCUT2D eigenvalue weighted by Gasteiger charge is -2.26. The van der Waals surface area contributed by atoms with Gasteiger partial charge in [0, 0.05) is 37.6 Å². The van der Waals surface area contributed by atoms with Gasteiger partial charge in [0.1, 0.15) is 6.33 Å². The SMILES string of the molecule is FC(F)(F)c1cccc(C2=CCN(CCc3ccc(-c4cncnc4)cc3)CC2)c1. The molecule has 154 valence electrons. The number of halogens is 3. The molecule has 6 heteroatoms. The van der Waals surface area contributed by atoms with Crippen molar-refractivity contribution in [1.29, 1.82) is 0 Å². The molecule has 0 spiro atoms.